The third kappa shape index (κ3) is 1.67. The summed E-state index contributed by atoms with van der Waals surface area (Å²) in [7, 11) is 1.38. The first-order valence-electron chi connectivity index (χ1n) is 4.04. The third-order valence-electron chi connectivity index (χ3n) is 2.30. The van der Waals surface area contributed by atoms with E-state index in [1.807, 2.05) is 6.92 Å². The number of carbonyl (C=O) groups excluding carboxylic acids is 1. The van der Waals surface area contributed by atoms with Crippen LogP contribution in [0.15, 0.2) is 12.2 Å². The SMILES string of the molecule is COC(=O)[C@@]1(C)C=C[C@H](O)CC1. The predicted octanol–water partition coefficient (Wildman–Crippen LogP) is 0.877. The van der Waals surface area contributed by atoms with Crippen molar-refractivity contribution in [1.82, 2.24) is 0 Å². The van der Waals surface area contributed by atoms with E-state index in [1.165, 1.54) is 7.11 Å². The number of hydrogen-bond donors (Lipinski definition) is 1. The molecule has 12 heavy (non-hydrogen) atoms. The number of methoxy groups -OCH3 is 1. The van der Waals surface area contributed by atoms with Gasteiger partial charge in [-0.25, -0.2) is 0 Å². The van der Waals surface area contributed by atoms with Gasteiger partial charge in [0.15, 0.2) is 0 Å². The maximum Gasteiger partial charge on any atom is 0.315 e. The van der Waals surface area contributed by atoms with Crippen LogP contribution in [0.25, 0.3) is 0 Å². The molecule has 0 saturated heterocycles. The number of ether oxygens (including phenoxy) is 1. The molecule has 3 nitrogen and oxygen atoms in total. The van der Waals surface area contributed by atoms with Crippen molar-refractivity contribution in [3.63, 3.8) is 0 Å². The lowest BCUT2D eigenvalue weighted by Crippen LogP contribution is -2.31. The van der Waals surface area contributed by atoms with E-state index in [2.05, 4.69) is 4.74 Å². The number of aliphatic hydroxyl groups excluding tert-OH is 1. The standard InChI is InChI=1S/C9H14O3/c1-9(8(11)12-2)5-3-7(10)4-6-9/h3,5,7,10H,4,6H2,1-2H3/t7-,9-/m0/s1. The van der Waals surface area contributed by atoms with Crippen molar-refractivity contribution in [2.45, 2.75) is 25.9 Å². The number of rotatable bonds is 1. The molecular weight excluding hydrogens is 156 g/mol. The maximum atomic E-state index is 11.2. The van der Waals surface area contributed by atoms with Crippen LogP contribution in [0.5, 0.6) is 0 Å². The Bertz CT molecular complexity index is 210. The van der Waals surface area contributed by atoms with E-state index in [4.69, 9.17) is 5.11 Å². The smallest absolute Gasteiger partial charge is 0.315 e. The summed E-state index contributed by atoms with van der Waals surface area (Å²) in [4.78, 5) is 11.2. The van der Waals surface area contributed by atoms with Crippen LogP contribution < -0.4 is 0 Å². The fraction of sp³-hybridized carbons (Fsp3) is 0.667. The summed E-state index contributed by atoms with van der Waals surface area (Å²) < 4.78 is 4.66. The predicted molar refractivity (Wildman–Crippen MR) is 44.5 cm³/mol. The summed E-state index contributed by atoms with van der Waals surface area (Å²) in [6.07, 6.45) is 4.26. The molecule has 0 radical (unpaired) electrons. The molecule has 0 saturated carbocycles. The molecule has 0 aromatic rings. The quantitative estimate of drug-likeness (QED) is 0.469. The Balaban J connectivity index is 2.73. The lowest BCUT2D eigenvalue weighted by Gasteiger charge is -2.27. The minimum atomic E-state index is -0.534. The lowest BCUT2D eigenvalue weighted by atomic mass is 9.80. The highest BCUT2D eigenvalue weighted by molar-refractivity contribution is 5.78. The zero-order chi connectivity index (χ0) is 9.19. The Hall–Kier alpha value is -0.830. The van der Waals surface area contributed by atoms with Crippen molar-refractivity contribution in [1.29, 1.82) is 0 Å². The van der Waals surface area contributed by atoms with E-state index >= 15 is 0 Å². The van der Waals surface area contributed by atoms with Crippen molar-refractivity contribution in [3.05, 3.63) is 12.2 Å². The molecule has 0 spiro atoms. The molecule has 0 aromatic carbocycles. The highest BCUT2D eigenvalue weighted by Crippen LogP contribution is 2.31. The summed E-state index contributed by atoms with van der Waals surface area (Å²) in [5, 5.41) is 9.16. The van der Waals surface area contributed by atoms with Crippen LogP contribution in [0, 0.1) is 5.41 Å². The Morgan fingerprint density at radius 2 is 2.42 bits per heavy atom. The first-order chi connectivity index (χ1) is 5.58. The highest BCUT2D eigenvalue weighted by Gasteiger charge is 2.34. The van der Waals surface area contributed by atoms with Gasteiger partial charge >= 0.3 is 5.97 Å². The number of esters is 1. The van der Waals surface area contributed by atoms with Gasteiger partial charge in [-0.2, -0.15) is 0 Å². The molecule has 0 amide bonds. The normalized spacial score (nSPS) is 34.8. The van der Waals surface area contributed by atoms with Gasteiger partial charge < -0.3 is 9.84 Å². The van der Waals surface area contributed by atoms with Gasteiger partial charge in [-0.1, -0.05) is 12.2 Å². The fourth-order valence-corrected chi connectivity index (χ4v) is 1.35. The molecular formula is C9H14O3. The van der Waals surface area contributed by atoms with Crippen LogP contribution in [-0.2, 0) is 9.53 Å². The van der Waals surface area contributed by atoms with E-state index in [9.17, 15) is 4.79 Å². The Kier molecular flexibility index (Phi) is 2.52. The summed E-state index contributed by atoms with van der Waals surface area (Å²) in [6.45, 7) is 1.82. The molecule has 2 atom stereocenters. The second kappa shape index (κ2) is 3.27. The van der Waals surface area contributed by atoms with E-state index in [1.54, 1.807) is 12.2 Å². The van der Waals surface area contributed by atoms with E-state index in [0.717, 1.165) is 0 Å². The monoisotopic (exact) mass is 170 g/mol. The van der Waals surface area contributed by atoms with Gasteiger partial charge in [0.25, 0.3) is 0 Å². The lowest BCUT2D eigenvalue weighted by molar-refractivity contribution is -0.149. The van der Waals surface area contributed by atoms with Crippen molar-refractivity contribution in [2.24, 2.45) is 5.41 Å². The molecule has 0 fully saturated rings. The van der Waals surface area contributed by atoms with Gasteiger partial charge in [0.1, 0.15) is 0 Å². The molecule has 1 aliphatic carbocycles. The van der Waals surface area contributed by atoms with Gasteiger partial charge in [-0.15, -0.1) is 0 Å². The van der Waals surface area contributed by atoms with Crippen LogP contribution >= 0.6 is 0 Å². The molecule has 1 N–H and O–H groups in total. The van der Waals surface area contributed by atoms with Crippen LogP contribution in [0.2, 0.25) is 0 Å². The summed E-state index contributed by atoms with van der Waals surface area (Å²) >= 11 is 0. The van der Waals surface area contributed by atoms with E-state index < -0.39 is 11.5 Å². The summed E-state index contributed by atoms with van der Waals surface area (Å²) in [6, 6.07) is 0. The molecule has 68 valence electrons. The molecule has 0 bridgehead atoms. The Morgan fingerprint density at radius 3 is 2.83 bits per heavy atom. The highest BCUT2D eigenvalue weighted by atomic mass is 16.5. The first kappa shape index (κ1) is 9.26. The molecule has 0 heterocycles. The van der Waals surface area contributed by atoms with Crippen molar-refractivity contribution >= 4 is 5.97 Å². The van der Waals surface area contributed by atoms with Crippen molar-refractivity contribution in [2.75, 3.05) is 7.11 Å². The van der Waals surface area contributed by atoms with Crippen LogP contribution in [-0.4, -0.2) is 24.3 Å². The van der Waals surface area contributed by atoms with Gasteiger partial charge in [-0.3, -0.25) is 4.79 Å². The largest absolute Gasteiger partial charge is 0.468 e. The average Bonchev–Trinajstić information content (AvgIpc) is 2.09. The van der Waals surface area contributed by atoms with Gasteiger partial charge in [0.05, 0.1) is 18.6 Å². The molecule has 0 unspecified atom stereocenters. The van der Waals surface area contributed by atoms with Gasteiger partial charge in [0, 0.05) is 0 Å². The Labute approximate surface area is 72.0 Å². The van der Waals surface area contributed by atoms with Crippen molar-refractivity contribution < 1.29 is 14.6 Å². The summed E-state index contributed by atoms with van der Waals surface area (Å²) in [5.74, 6) is -0.231. The topological polar surface area (TPSA) is 46.5 Å². The van der Waals surface area contributed by atoms with Crippen LogP contribution in [0.1, 0.15) is 19.8 Å². The zero-order valence-corrected chi connectivity index (χ0v) is 7.41. The molecule has 1 aliphatic rings. The molecule has 0 aromatic heterocycles. The molecule has 1 rings (SSSR count). The number of hydrogen-bond acceptors (Lipinski definition) is 3. The first-order valence-corrected chi connectivity index (χ1v) is 4.04. The second-order valence-corrected chi connectivity index (χ2v) is 3.37. The third-order valence-corrected chi connectivity index (χ3v) is 2.30. The zero-order valence-electron chi connectivity index (χ0n) is 7.41. The molecule has 0 aliphatic heterocycles. The van der Waals surface area contributed by atoms with Gasteiger partial charge in [-0.05, 0) is 19.8 Å². The Morgan fingerprint density at radius 1 is 1.75 bits per heavy atom. The minimum Gasteiger partial charge on any atom is -0.468 e. The second-order valence-electron chi connectivity index (χ2n) is 3.37. The fourth-order valence-electron chi connectivity index (χ4n) is 1.35. The van der Waals surface area contributed by atoms with E-state index in [0.29, 0.717) is 12.8 Å². The minimum absolute atomic E-state index is 0.231. The molecule has 3 heteroatoms. The van der Waals surface area contributed by atoms with Gasteiger partial charge in [0.2, 0.25) is 0 Å². The summed E-state index contributed by atoms with van der Waals surface area (Å²) in [5.41, 5.74) is -0.534. The maximum absolute atomic E-state index is 11.2. The van der Waals surface area contributed by atoms with Crippen molar-refractivity contribution in [3.8, 4) is 0 Å². The number of aliphatic hydroxyl groups is 1. The average molecular weight is 170 g/mol. The van der Waals surface area contributed by atoms with Crippen LogP contribution in [0.4, 0.5) is 0 Å². The number of carbonyl (C=O) groups is 1. The van der Waals surface area contributed by atoms with E-state index in [-0.39, 0.29) is 5.97 Å². The van der Waals surface area contributed by atoms with Crippen LogP contribution in [0.3, 0.4) is 0 Å².